The molecule has 1 aliphatic rings. The summed E-state index contributed by atoms with van der Waals surface area (Å²) in [6.07, 6.45) is 2.58. The number of nitrogens with zero attached hydrogens (tertiary/aromatic N) is 1. The molecule has 3 rings (SSSR count). The molecule has 128 valence electrons. The predicted molar refractivity (Wildman–Crippen MR) is 92.9 cm³/mol. The van der Waals surface area contributed by atoms with Gasteiger partial charge in [0.15, 0.2) is 0 Å². The van der Waals surface area contributed by atoms with Crippen LogP contribution in [0.25, 0.3) is 11.1 Å². The lowest BCUT2D eigenvalue weighted by Crippen LogP contribution is -2.15. The molecular weight excluding hydrogens is 318 g/mol. The quantitative estimate of drug-likeness (QED) is 0.361. The highest BCUT2D eigenvalue weighted by Crippen LogP contribution is 2.40. The molecule has 3 N–H and O–H groups in total. The Balaban J connectivity index is 1.74. The number of carbonyl (C=O) groups excluding carboxylic acids is 1. The van der Waals surface area contributed by atoms with Crippen molar-refractivity contribution in [2.24, 2.45) is 10.8 Å². The smallest absolute Gasteiger partial charge is 0.364 e. The molecular formula is C19H19N3O3. The van der Waals surface area contributed by atoms with Gasteiger partial charge in [-0.15, -0.1) is 5.11 Å². The van der Waals surface area contributed by atoms with Gasteiger partial charge in [0.05, 0.1) is 7.11 Å². The zero-order valence-corrected chi connectivity index (χ0v) is 13.9. The van der Waals surface area contributed by atoms with Crippen LogP contribution in [0.3, 0.4) is 0 Å². The fourth-order valence-electron chi connectivity index (χ4n) is 2.55. The Labute approximate surface area is 145 Å². The Bertz CT molecular complexity index is 807. The van der Waals surface area contributed by atoms with E-state index in [1.807, 2.05) is 12.1 Å². The van der Waals surface area contributed by atoms with E-state index in [4.69, 9.17) is 16.0 Å². The molecule has 0 amide bonds. The summed E-state index contributed by atoms with van der Waals surface area (Å²) in [6.45, 7) is 0. The second-order valence-corrected chi connectivity index (χ2v) is 5.84. The Morgan fingerprint density at radius 3 is 2.12 bits per heavy atom. The first-order chi connectivity index (χ1) is 12.1. The SMILES string of the molecule is COC(=O)/C(N=N)=C(/N)Oc1ccc(-c2ccc(C3CC3)cc2)cc1. The monoisotopic (exact) mass is 337 g/mol. The first kappa shape index (κ1) is 16.7. The Kier molecular flexibility index (Phi) is 4.79. The Hall–Kier alpha value is -3.15. The lowest BCUT2D eigenvalue weighted by Gasteiger charge is -2.09. The molecule has 0 bridgehead atoms. The fourth-order valence-corrected chi connectivity index (χ4v) is 2.55. The van der Waals surface area contributed by atoms with E-state index < -0.39 is 5.97 Å². The lowest BCUT2D eigenvalue weighted by molar-refractivity contribution is -0.136. The van der Waals surface area contributed by atoms with E-state index in [2.05, 4.69) is 34.1 Å². The highest BCUT2D eigenvalue weighted by atomic mass is 16.5. The molecule has 1 aliphatic carbocycles. The molecule has 0 saturated heterocycles. The zero-order valence-electron chi connectivity index (χ0n) is 13.9. The van der Waals surface area contributed by atoms with Crippen molar-refractivity contribution in [3.8, 4) is 16.9 Å². The Morgan fingerprint density at radius 1 is 1.08 bits per heavy atom. The largest absolute Gasteiger partial charge is 0.464 e. The van der Waals surface area contributed by atoms with Crippen LogP contribution in [0.4, 0.5) is 0 Å². The van der Waals surface area contributed by atoms with E-state index >= 15 is 0 Å². The molecule has 0 radical (unpaired) electrons. The van der Waals surface area contributed by atoms with Crippen LogP contribution < -0.4 is 10.5 Å². The lowest BCUT2D eigenvalue weighted by atomic mass is 10.0. The van der Waals surface area contributed by atoms with E-state index in [1.165, 1.54) is 25.5 Å². The van der Waals surface area contributed by atoms with Crippen molar-refractivity contribution in [2.45, 2.75) is 18.8 Å². The van der Waals surface area contributed by atoms with Gasteiger partial charge in [0.1, 0.15) is 5.75 Å². The van der Waals surface area contributed by atoms with Gasteiger partial charge in [0, 0.05) is 0 Å². The number of hydrogen-bond acceptors (Lipinski definition) is 6. The van der Waals surface area contributed by atoms with Crippen LogP contribution in [-0.4, -0.2) is 13.1 Å². The number of rotatable bonds is 6. The summed E-state index contributed by atoms with van der Waals surface area (Å²) < 4.78 is 9.88. The van der Waals surface area contributed by atoms with E-state index in [9.17, 15) is 4.79 Å². The summed E-state index contributed by atoms with van der Waals surface area (Å²) >= 11 is 0. The minimum Gasteiger partial charge on any atom is -0.464 e. The van der Waals surface area contributed by atoms with Crippen molar-refractivity contribution in [1.29, 1.82) is 5.53 Å². The van der Waals surface area contributed by atoms with Crippen LogP contribution in [0.2, 0.25) is 0 Å². The average molecular weight is 337 g/mol. The van der Waals surface area contributed by atoms with Gasteiger partial charge < -0.3 is 15.2 Å². The van der Waals surface area contributed by atoms with Crippen LogP contribution in [0.5, 0.6) is 5.75 Å². The number of carbonyl (C=O) groups is 1. The minimum absolute atomic E-state index is 0.275. The third-order valence-electron chi connectivity index (χ3n) is 4.10. The van der Waals surface area contributed by atoms with Crippen molar-refractivity contribution in [3.05, 3.63) is 65.7 Å². The number of esters is 1. The molecule has 2 aromatic carbocycles. The van der Waals surface area contributed by atoms with Gasteiger partial charge in [0.2, 0.25) is 11.6 Å². The molecule has 6 heteroatoms. The number of nitrogens with one attached hydrogen (secondary N) is 1. The van der Waals surface area contributed by atoms with E-state index in [-0.39, 0.29) is 11.6 Å². The van der Waals surface area contributed by atoms with Crippen LogP contribution >= 0.6 is 0 Å². The average Bonchev–Trinajstić information content (AvgIpc) is 3.48. The van der Waals surface area contributed by atoms with Crippen LogP contribution in [0.15, 0.2) is 65.2 Å². The van der Waals surface area contributed by atoms with Gasteiger partial charge in [-0.05, 0) is 47.6 Å². The minimum atomic E-state index is -0.820. The molecule has 0 heterocycles. The second-order valence-electron chi connectivity index (χ2n) is 5.84. The summed E-state index contributed by atoms with van der Waals surface area (Å²) in [4.78, 5) is 11.4. The van der Waals surface area contributed by atoms with Crippen molar-refractivity contribution >= 4 is 5.97 Å². The first-order valence-corrected chi connectivity index (χ1v) is 7.96. The molecule has 0 unspecified atom stereocenters. The van der Waals surface area contributed by atoms with Crippen molar-refractivity contribution < 1.29 is 14.3 Å². The first-order valence-electron chi connectivity index (χ1n) is 7.96. The van der Waals surface area contributed by atoms with Gasteiger partial charge in [-0.3, -0.25) is 0 Å². The summed E-state index contributed by atoms with van der Waals surface area (Å²) in [5.74, 6) is 0.0928. The molecule has 0 atom stereocenters. The predicted octanol–water partition coefficient (Wildman–Crippen LogP) is 3.94. The Morgan fingerprint density at radius 2 is 1.64 bits per heavy atom. The standard InChI is InChI=1S/C19H19N3O3/c1-24-19(23)17(22-21)18(20)25-16-10-8-15(9-11-16)14-6-4-13(5-7-14)12-2-3-12/h4-12,21H,2-3,20H2,1H3/b18-17+,22-21?. The molecule has 0 spiro atoms. The van der Waals surface area contributed by atoms with Crippen molar-refractivity contribution in [3.63, 3.8) is 0 Å². The van der Waals surface area contributed by atoms with E-state index in [0.717, 1.165) is 17.0 Å². The van der Waals surface area contributed by atoms with Gasteiger partial charge in [0.25, 0.3) is 0 Å². The molecule has 6 nitrogen and oxygen atoms in total. The maximum absolute atomic E-state index is 11.4. The number of ether oxygens (including phenoxy) is 2. The summed E-state index contributed by atoms with van der Waals surface area (Å²) in [5.41, 5.74) is 15.9. The third kappa shape index (κ3) is 3.85. The summed E-state index contributed by atoms with van der Waals surface area (Å²) in [5, 5.41) is 3.05. The van der Waals surface area contributed by atoms with Gasteiger partial charge >= 0.3 is 5.97 Å². The molecule has 25 heavy (non-hydrogen) atoms. The topological polar surface area (TPSA) is 97.8 Å². The zero-order chi connectivity index (χ0) is 17.8. The molecule has 1 fully saturated rings. The van der Waals surface area contributed by atoms with Gasteiger partial charge in [-0.2, -0.15) is 0 Å². The maximum Gasteiger partial charge on any atom is 0.364 e. The van der Waals surface area contributed by atoms with Gasteiger partial charge in [-0.25, -0.2) is 10.3 Å². The highest BCUT2D eigenvalue weighted by molar-refractivity contribution is 5.88. The summed E-state index contributed by atoms with van der Waals surface area (Å²) in [7, 11) is 1.18. The van der Waals surface area contributed by atoms with Crippen molar-refractivity contribution in [1.82, 2.24) is 0 Å². The molecule has 1 saturated carbocycles. The van der Waals surface area contributed by atoms with Crippen LogP contribution in [-0.2, 0) is 9.53 Å². The number of nitrogens with two attached hydrogens (primary N) is 1. The van der Waals surface area contributed by atoms with Crippen LogP contribution in [0.1, 0.15) is 24.3 Å². The number of benzene rings is 2. The molecule has 0 aliphatic heterocycles. The second kappa shape index (κ2) is 7.17. The summed E-state index contributed by atoms with van der Waals surface area (Å²) in [6, 6.07) is 15.9. The van der Waals surface area contributed by atoms with E-state index in [0.29, 0.717) is 5.75 Å². The molecule has 0 aromatic heterocycles. The normalized spacial score (nSPS) is 14.4. The number of hydrogen-bond donors (Lipinski definition) is 2. The van der Waals surface area contributed by atoms with Crippen LogP contribution in [0, 0.1) is 5.53 Å². The molecule has 2 aromatic rings. The fraction of sp³-hybridized carbons (Fsp3) is 0.211. The van der Waals surface area contributed by atoms with Crippen molar-refractivity contribution in [2.75, 3.05) is 7.11 Å². The van der Waals surface area contributed by atoms with Gasteiger partial charge in [-0.1, -0.05) is 36.4 Å². The third-order valence-corrected chi connectivity index (χ3v) is 4.10. The highest BCUT2D eigenvalue weighted by Gasteiger charge is 2.23. The van der Waals surface area contributed by atoms with E-state index in [1.54, 1.807) is 12.1 Å². The maximum atomic E-state index is 11.4. The number of methoxy groups -OCH3 is 1.